The molecule has 1 aromatic heterocycles. The van der Waals surface area contributed by atoms with Crippen molar-refractivity contribution in [2.45, 2.75) is 28.7 Å². The van der Waals surface area contributed by atoms with E-state index in [1.165, 1.54) is 18.3 Å². The van der Waals surface area contributed by atoms with E-state index >= 15 is 0 Å². The number of aromatic nitrogens is 1. The van der Waals surface area contributed by atoms with E-state index in [1.54, 1.807) is 6.07 Å². The van der Waals surface area contributed by atoms with E-state index in [4.69, 9.17) is 0 Å². The molecule has 7 heteroatoms. The van der Waals surface area contributed by atoms with E-state index in [1.807, 2.05) is 18.2 Å². The zero-order valence-corrected chi connectivity index (χ0v) is 17.4. The molecule has 1 aliphatic heterocycles. The highest BCUT2D eigenvalue weighted by Crippen LogP contribution is 2.30. The minimum absolute atomic E-state index is 0.0574. The highest BCUT2D eigenvalue weighted by molar-refractivity contribution is 7.91. The first-order valence-electron chi connectivity index (χ1n) is 9.67. The van der Waals surface area contributed by atoms with Crippen LogP contribution in [0.2, 0.25) is 0 Å². The van der Waals surface area contributed by atoms with Crippen molar-refractivity contribution in [3.63, 3.8) is 0 Å². The van der Waals surface area contributed by atoms with Crippen molar-refractivity contribution in [1.82, 2.24) is 9.88 Å². The first kappa shape index (κ1) is 19.8. The third-order valence-electron chi connectivity index (χ3n) is 5.63. The highest BCUT2D eigenvalue weighted by atomic mass is 32.2. The number of halogens is 1. The topological polar surface area (TPSA) is 53.5 Å². The zero-order chi connectivity index (χ0) is 20.6. The molecule has 0 atom stereocenters. The van der Waals surface area contributed by atoms with Crippen LogP contribution < -0.4 is 4.90 Å². The van der Waals surface area contributed by atoms with Crippen LogP contribution in [0.25, 0.3) is 10.9 Å². The fourth-order valence-corrected chi connectivity index (χ4v) is 5.14. The van der Waals surface area contributed by atoms with Crippen molar-refractivity contribution in [1.29, 1.82) is 0 Å². The van der Waals surface area contributed by atoms with Crippen LogP contribution in [-0.2, 0) is 9.84 Å². The summed E-state index contributed by atoms with van der Waals surface area (Å²) >= 11 is 0. The summed E-state index contributed by atoms with van der Waals surface area (Å²) in [6, 6.07) is 12.9. The molecule has 2 aromatic carbocycles. The molecule has 0 bridgehead atoms. The van der Waals surface area contributed by atoms with Crippen LogP contribution in [0.4, 0.5) is 10.1 Å². The molecule has 152 valence electrons. The Morgan fingerprint density at radius 3 is 2.38 bits per heavy atom. The third-order valence-corrected chi connectivity index (χ3v) is 7.37. The number of hydrogen-bond acceptors (Lipinski definition) is 5. The predicted molar refractivity (Wildman–Crippen MR) is 113 cm³/mol. The van der Waals surface area contributed by atoms with Crippen molar-refractivity contribution in [3.8, 4) is 0 Å². The lowest BCUT2D eigenvalue weighted by Gasteiger charge is -2.36. The van der Waals surface area contributed by atoms with Gasteiger partial charge in [-0.05, 0) is 63.3 Å². The number of sulfone groups is 1. The summed E-state index contributed by atoms with van der Waals surface area (Å²) in [4.78, 5) is 9.28. The summed E-state index contributed by atoms with van der Waals surface area (Å²) in [6.07, 6.45) is 3.57. The summed E-state index contributed by atoms with van der Waals surface area (Å²) < 4.78 is 39.0. The van der Waals surface area contributed by atoms with Gasteiger partial charge >= 0.3 is 0 Å². The SMILES string of the molecule is CN(C)C1CCN(c2cccc3cc(S(=O)(=O)c4ccc(F)cc4)cnc23)CC1. The maximum atomic E-state index is 13.2. The zero-order valence-electron chi connectivity index (χ0n) is 16.5. The van der Waals surface area contributed by atoms with Crippen LogP contribution in [-0.4, -0.2) is 51.5 Å². The van der Waals surface area contributed by atoms with Gasteiger partial charge in [0.05, 0.1) is 21.0 Å². The highest BCUT2D eigenvalue weighted by Gasteiger charge is 2.23. The lowest BCUT2D eigenvalue weighted by atomic mass is 10.0. The third kappa shape index (κ3) is 3.84. The van der Waals surface area contributed by atoms with Gasteiger partial charge in [-0.25, -0.2) is 12.8 Å². The molecule has 0 amide bonds. The number of benzene rings is 2. The summed E-state index contributed by atoms with van der Waals surface area (Å²) in [7, 11) is 0.478. The molecule has 0 unspecified atom stereocenters. The Hall–Kier alpha value is -2.51. The standard InChI is InChI=1S/C22H24FN3O2S/c1-25(2)18-10-12-26(13-11-18)21-5-3-4-16-14-20(15-24-22(16)21)29(27,28)19-8-6-17(23)7-9-19/h3-9,14-15,18H,10-13H2,1-2H3. The van der Waals surface area contributed by atoms with Crippen molar-refractivity contribution < 1.29 is 12.8 Å². The summed E-state index contributed by atoms with van der Waals surface area (Å²) in [6.45, 7) is 1.89. The monoisotopic (exact) mass is 413 g/mol. The molecule has 0 N–H and O–H groups in total. The Morgan fingerprint density at radius 1 is 1.03 bits per heavy atom. The Morgan fingerprint density at radius 2 is 1.72 bits per heavy atom. The second-order valence-electron chi connectivity index (χ2n) is 7.66. The Kier molecular flexibility index (Phi) is 5.27. The number of fused-ring (bicyclic) bond motifs is 1. The largest absolute Gasteiger partial charge is 0.370 e. The van der Waals surface area contributed by atoms with Crippen molar-refractivity contribution in [2.24, 2.45) is 0 Å². The van der Waals surface area contributed by atoms with Gasteiger partial charge in [0, 0.05) is 30.7 Å². The van der Waals surface area contributed by atoms with Crippen LogP contribution >= 0.6 is 0 Å². The Bertz CT molecular complexity index is 1120. The molecule has 0 saturated carbocycles. The van der Waals surface area contributed by atoms with Gasteiger partial charge in [-0.2, -0.15) is 0 Å². The Labute approximate surface area is 170 Å². The quantitative estimate of drug-likeness (QED) is 0.610. The molecule has 0 radical (unpaired) electrons. The summed E-state index contributed by atoms with van der Waals surface area (Å²) in [5.74, 6) is -0.469. The van der Waals surface area contributed by atoms with Crippen LogP contribution in [0, 0.1) is 5.82 Å². The van der Waals surface area contributed by atoms with Crippen LogP contribution in [0.15, 0.2) is 64.5 Å². The number of para-hydroxylation sites is 1. The lowest BCUT2D eigenvalue weighted by molar-refractivity contribution is 0.250. The normalized spacial score (nSPS) is 15.9. The molecule has 5 nitrogen and oxygen atoms in total. The molecule has 2 heterocycles. The Balaban J connectivity index is 1.67. The molecule has 0 spiro atoms. The molecule has 1 saturated heterocycles. The fourth-order valence-electron chi connectivity index (χ4n) is 3.90. The first-order chi connectivity index (χ1) is 13.9. The van der Waals surface area contributed by atoms with Gasteiger partial charge in [0.2, 0.25) is 9.84 Å². The number of anilines is 1. The van der Waals surface area contributed by atoms with Gasteiger partial charge in [-0.3, -0.25) is 4.98 Å². The second-order valence-corrected chi connectivity index (χ2v) is 9.61. The number of hydrogen-bond donors (Lipinski definition) is 0. The smallest absolute Gasteiger partial charge is 0.208 e. The number of pyridine rings is 1. The predicted octanol–water partition coefficient (Wildman–Crippen LogP) is 3.74. The van der Waals surface area contributed by atoms with E-state index in [-0.39, 0.29) is 9.79 Å². The van der Waals surface area contributed by atoms with Crippen molar-refractivity contribution >= 4 is 26.4 Å². The van der Waals surface area contributed by atoms with Crippen molar-refractivity contribution in [2.75, 3.05) is 32.1 Å². The van der Waals surface area contributed by atoms with Crippen LogP contribution in [0.1, 0.15) is 12.8 Å². The van der Waals surface area contributed by atoms with E-state index in [0.717, 1.165) is 54.7 Å². The first-order valence-corrected chi connectivity index (χ1v) is 11.2. The molecular weight excluding hydrogens is 389 g/mol. The molecule has 0 aliphatic carbocycles. The maximum Gasteiger partial charge on any atom is 0.208 e. The molecule has 29 heavy (non-hydrogen) atoms. The van der Waals surface area contributed by atoms with Gasteiger partial charge < -0.3 is 9.80 Å². The number of rotatable bonds is 4. The second kappa shape index (κ2) is 7.72. The minimum atomic E-state index is -3.75. The van der Waals surface area contributed by atoms with Crippen LogP contribution in [0.5, 0.6) is 0 Å². The summed E-state index contributed by atoms with van der Waals surface area (Å²) in [5, 5.41) is 0.778. The van der Waals surface area contributed by atoms with Gasteiger partial charge in [0.1, 0.15) is 5.82 Å². The number of nitrogens with zero attached hydrogens (tertiary/aromatic N) is 3. The van der Waals surface area contributed by atoms with E-state index in [0.29, 0.717) is 6.04 Å². The van der Waals surface area contributed by atoms with E-state index < -0.39 is 15.7 Å². The van der Waals surface area contributed by atoms with Crippen molar-refractivity contribution in [3.05, 3.63) is 60.5 Å². The van der Waals surface area contributed by atoms with E-state index in [9.17, 15) is 12.8 Å². The lowest BCUT2D eigenvalue weighted by Crippen LogP contribution is -2.42. The van der Waals surface area contributed by atoms with Gasteiger partial charge in [0.25, 0.3) is 0 Å². The van der Waals surface area contributed by atoms with E-state index in [2.05, 4.69) is 28.9 Å². The molecule has 4 rings (SSSR count). The molecular formula is C22H24FN3O2S. The maximum absolute atomic E-state index is 13.2. The molecule has 1 fully saturated rings. The fraction of sp³-hybridized carbons (Fsp3) is 0.318. The number of piperidine rings is 1. The minimum Gasteiger partial charge on any atom is -0.370 e. The average Bonchev–Trinajstić information content (AvgIpc) is 2.73. The van der Waals surface area contributed by atoms with Gasteiger partial charge in [-0.1, -0.05) is 12.1 Å². The molecule has 1 aliphatic rings. The summed E-state index contributed by atoms with van der Waals surface area (Å²) in [5.41, 5.74) is 1.83. The van der Waals surface area contributed by atoms with Crippen LogP contribution in [0.3, 0.4) is 0 Å². The average molecular weight is 414 g/mol. The van der Waals surface area contributed by atoms with Gasteiger partial charge in [0.15, 0.2) is 0 Å². The van der Waals surface area contributed by atoms with Gasteiger partial charge in [-0.15, -0.1) is 0 Å². The molecule has 3 aromatic rings.